The van der Waals surface area contributed by atoms with Gasteiger partial charge in [0.1, 0.15) is 6.04 Å². The van der Waals surface area contributed by atoms with Crippen molar-refractivity contribution in [3.8, 4) is 0 Å². The highest BCUT2D eigenvalue weighted by Crippen LogP contribution is 2.44. The number of hydrogen-bond acceptors (Lipinski definition) is 5. The summed E-state index contributed by atoms with van der Waals surface area (Å²) >= 11 is 0. The number of esters is 1. The van der Waals surface area contributed by atoms with Crippen LogP contribution in [0.1, 0.15) is 66.2 Å². The largest absolute Gasteiger partial charge is 0.466 e. The van der Waals surface area contributed by atoms with E-state index >= 15 is 0 Å². The Hall–Kier alpha value is -1.89. The number of ether oxygens (including phenoxy) is 1. The summed E-state index contributed by atoms with van der Waals surface area (Å²) in [5.41, 5.74) is 0. The molecule has 2 rings (SSSR count). The van der Waals surface area contributed by atoms with Crippen molar-refractivity contribution in [2.75, 3.05) is 19.8 Å². The van der Waals surface area contributed by atoms with E-state index in [1.54, 1.807) is 11.8 Å². The van der Waals surface area contributed by atoms with E-state index in [4.69, 9.17) is 9.84 Å². The Morgan fingerprint density at radius 2 is 1.90 bits per heavy atom. The Bertz CT molecular complexity index is 650. The number of nitrogens with zero attached hydrogens (tertiary/aromatic N) is 1. The Kier molecular flexibility index (Phi) is 10.0. The number of amides is 2. The van der Waals surface area contributed by atoms with Crippen LogP contribution < -0.4 is 5.32 Å². The van der Waals surface area contributed by atoms with Crippen molar-refractivity contribution in [3.05, 3.63) is 12.2 Å². The molecule has 2 amide bonds. The monoisotopic (exact) mass is 436 g/mol. The predicted octanol–water partition coefficient (Wildman–Crippen LogP) is 2.67. The van der Waals surface area contributed by atoms with Crippen molar-refractivity contribution in [2.24, 2.45) is 23.7 Å². The van der Waals surface area contributed by atoms with Gasteiger partial charge in [-0.15, -0.1) is 0 Å². The normalized spacial score (nSPS) is 28.4. The van der Waals surface area contributed by atoms with Crippen molar-refractivity contribution < 1.29 is 24.2 Å². The van der Waals surface area contributed by atoms with Gasteiger partial charge in [0.25, 0.3) is 0 Å². The van der Waals surface area contributed by atoms with Gasteiger partial charge in [-0.05, 0) is 39.0 Å². The lowest BCUT2D eigenvalue weighted by molar-refractivity contribution is -0.155. The summed E-state index contributed by atoms with van der Waals surface area (Å²) in [6, 6.07) is -0.569. The van der Waals surface area contributed by atoms with Gasteiger partial charge in [-0.3, -0.25) is 14.4 Å². The molecule has 0 aromatic rings. The third-order valence-corrected chi connectivity index (χ3v) is 6.52. The molecule has 7 nitrogen and oxygen atoms in total. The van der Waals surface area contributed by atoms with Crippen LogP contribution in [-0.4, -0.2) is 59.6 Å². The van der Waals surface area contributed by atoms with Gasteiger partial charge in [0.15, 0.2) is 0 Å². The maximum atomic E-state index is 13.5. The first-order valence-corrected chi connectivity index (χ1v) is 11.9. The van der Waals surface area contributed by atoms with Gasteiger partial charge in [0.2, 0.25) is 11.8 Å². The minimum absolute atomic E-state index is 0.0328. The van der Waals surface area contributed by atoms with Crippen LogP contribution in [0.5, 0.6) is 0 Å². The summed E-state index contributed by atoms with van der Waals surface area (Å²) in [6.07, 6.45) is 9.03. The van der Waals surface area contributed by atoms with E-state index in [0.29, 0.717) is 6.54 Å². The minimum atomic E-state index is -0.602. The molecule has 0 bridgehead atoms. The highest BCUT2D eigenvalue weighted by molar-refractivity contribution is 5.96. The lowest BCUT2D eigenvalue weighted by Gasteiger charge is -2.32. The molecule has 1 saturated heterocycles. The number of aliphatic hydroxyl groups is 1. The number of rotatable bonds is 12. The molecule has 1 aliphatic carbocycles. The van der Waals surface area contributed by atoms with E-state index in [2.05, 4.69) is 12.2 Å². The lowest BCUT2D eigenvalue weighted by Crippen LogP contribution is -2.49. The van der Waals surface area contributed by atoms with E-state index < -0.39 is 17.9 Å². The van der Waals surface area contributed by atoms with Gasteiger partial charge in [0, 0.05) is 25.1 Å². The van der Waals surface area contributed by atoms with Crippen LogP contribution in [0.25, 0.3) is 0 Å². The first-order chi connectivity index (χ1) is 14.9. The number of likely N-dealkylation sites (tertiary alicyclic amines) is 1. The number of fused-ring (bicyclic) bond motifs is 1. The zero-order valence-electron chi connectivity index (χ0n) is 19.5. The second kappa shape index (κ2) is 12.2. The van der Waals surface area contributed by atoms with Crippen LogP contribution in [-0.2, 0) is 19.1 Å². The summed E-state index contributed by atoms with van der Waals surface area (Å²) < 4.78 is 5.29. The molecule has 1 unspecified atom stereocenters. The topological polar surface area (TPSA) is 95.9 Å². The fourth-order valence-electron chi connectivity index (χ4n) is 5.01. The molecule has 7 heteroatoms. The zero-order valence-corrected chi connectivity index (χ0v) is 19.5. The molecule has 1 aliphatic heterocycles. The van der Waals surface area contributed by atoms with Crippen molar-refractivity contribution in [3.63, 3.8) is 0 Å². The molecule has 0 saturated carbocycles. The molecule has 1 fully saturated rings. The van der Waals surface area contributed by atoms with Crippen LogP contribution in [0.2, 0.25) is 0 Å². The van der Waals surface area contributed by atoms with Crippen LogP contribution >= 0.6 is 0 Å². The Morgan fingerprint density at radius 1 is 1.19 bits per heavy atom. The van der Waals surface area contributed by atoms with Gasteiger partial charge >= 0.3 is 5.97 Å². The molecular weight excluding hydrogens is 396 g/mol. The Morgan fingerprint density at radius 3 is 2.55 bits per heavy atom. The maximum Gasteiger partial charge on any atom is 0.310 e. The summed E-state index contributed by atoms with van der Waals surface area (Å²) in [4.78, 5) is 41.2. The van der Waals surface area contributed by atoms with Crippen LogP contribution in [0.3, 0.4) is 0 Å². The summed E-state index contributed by atoms with van der Waals surface area (Å²) in [7, 11) is 0. The molecule has 0 aromatic heterocycles. The van der Waals surface area contributed by atoms with E-state index in [0.717, 1.165) is 38.5 Å². The molecule has 6 atom stereocenters. The molecule has 0 spiro atoms. The molecule has 31 heavy (non-hydrogen) atoms. The number of hydrogen-bond donors (Lipinski definition) is 2. The van der Waals surface area contributed by atoms with Gasteiger partial charge in [-0.1, -0.05) is 45.3 Å². The summed E-state index contributed by atoms with van der Waals surface area (Å²) in [5, 5.41) is 12.1. The van der Waals surface area contributed by atoms with Gasteiger partial charge in [0.05, 0.1) is 18.4 Å². The SMILES string of the molecule is CCCC(C)NC(=O)[C@@H]1[C@H]2C=C[C@@H](C)[C@@H](C(=O)OCC)[C@@H]2C(=O)N1CCCCCCO. The van der Waals surface area contributed by atoms with Gasteiger partial charge in [-0.25, -0.2) is 0 Å². The van der Waals surface area contributed by atoms with Gasteiger partial charge < -0.3 is 20.1 Å². The minimum Gasteiger partial charge on any atom is -0.466 e. The van der Waals surface area contributed by atoms with Crippen molar-refractivity contribution in [1.82, 2.24) is 10.2 Å². The van der Waals surface area contributed by atoms with Crippen molar-refractivity contribution in [1.29, 1.82) is 0 Å². The molecular formula is C24H40N2O5. The molecule has 2 N–H and O–H groups in total. The summed E-state index contributed by atoms with van der Waals surface area (Å²) in [6.45, 7) is 8.66. The number of nitrogens with one attached hydrogen (secondary N) is 1. The fourth-order valence-corrected chi connectivity index (χ4v) is 5.01. The Balaban J connectivity index is 2.27. The average Bonchev–Trinajstić information content (AvgIpc) is 3.00. The summed E-state index contributed by atoms with van der Waals surface area (Å²) in [5.74, 6) is -2.19. The fraction of sp³-hybridized carbons (Fsp3) is 0.792. The predicted molar refractivity (Wildman–Crippen MR) is 119 cm³/mol. The van der Waals surface area contributed by atoms with Crippen molar-refractivity contribution >= 4 is 17.8 Å². The third kappa shape index (κ3) is 6.09. The number of aliphatic hydroxyl groups excluding tert-OH is 1. The standard InChI is InChI=1S/C24H40N2O5/c1-5-11-17(4)25-22(28)21-18-13-12-16(3)19(24(30)31-6-2)20(18)23(29)26(21)14-9-7-8-10-15-27/h12-13,16-21,27H,5-11,14-15H2,1-4H3,(H,25,28)/t16-,17?,18+,19-,20-,21+/m1/s1. The first kappa shape index (κ1) is 25.4. The second-order valence-electron chi connectivity index (χ2n) is 8.94. The number of allylic oxidation sites excluding steroid dienone is 1. The van der Waals surface area contributed by atoms with E-state index in [1.165, 1.54) is 0 Å². The molecule has 176 valence electrons. The molecule has 0 radical (unpaired) electrons. The van der Waals surface area contributed by atoms with E-state index in [1.807, 2.05) is 26.0 Å². The number of unbranched alkanes of at least 4 members (excludes halogenated alkanes) is 3. The van der Waals surface area contributed by atoms with Crippen LogP contribution in [0, 0.1) is 23.7 Å². The number of carbonyl (C=O) groups excluding carboxylic acids is 3. The molecule has 0 aromatic carbocycles. The molecule has 2 aliphatic rings. The Labute approximate surface area is 186 Å². The van der Waals surface area contributed by atoms with Crippen LogP contribution in [0.4, 0.5) is 0 Å². The van der Waals surface area contributed by atoms with Crippen molar-refractivity contribution in [2.45, 2.75) is 78.3 Å². The first-order valence-electron chi connectivity index (χ1n) is 11.9. The third-order valence-electron chi connectivity index (χ3n) is 6.52. The smallest absolute Gasteiger partial charge is 0.310 e. The van der Waals surface area contributed by atoms with Crippen LogP contribution in [0.15, 0.2) is 12.2 Å². The second-order valence-corrected chi connectivity index (χ2v) is 8.94. The highest BCUT2D eigenvalue weighted by Gasteiger charge is 2.56. The quantitative estimate of drug-likeness (QED) is 0.279. The lowest BCUT2D eigenvalue weighted by atomic mass is 9.70. The maximum absolute atomic E-state index is 13.5. The zero-order chi connectivity index (χ0) is 23.0. The molecule has 1 heterocycles. The highest BCUT2D eigenvalue weighted by atomic mass is 16.5. The van der Waals surface area contributed by atoms with E-state index in [-0.39, 0.29) is 48.9 Å². The average molecular weight is 437 g/mol. The van der Waals surface area contributed by atoms with E-state index in [9.17, 15) is 14.4 Å². The van der Waals surface area contributed by atoms with Gasteiger partial charge in [-0.2, -0.15) is 0 Å². The number of carbonyl (C=O) groups is 3.